The van der Waals surface area contributed by atoms with Gasteiger partial charge in [-0.25, -0.2) is 0 Å². The predicted octanol–water partition coefficient (Wildman–Crippen LogP) is 4.40. The molecule has 0 saturated carbocycles. The van der Waals surface area contributed by atoms with Crippen LogP contribution in [-0.2, 0) is 0 Å². The summed E-state index contributed by atoms with van der Waals surface area (Å²) >= 11 is 25.7. The third-order valence-corrected chi connectivity index (χ3v) is 6.32. The van der Waals surface area contributed by atoms with Crippen LogP contribution >= 0.6 is 63.0 Å². The van der Waals surface area contributed by atoms with E-state index in [0.717, 1.165) is 0 Å². The fourth-order valence-electron chi connectivity index (χ4n) is 0. The quantitative estimate of drug-likeness (QED) is 0.475. The second kappa shape index (κ2) is 2.74. The Bertz CT molecular complexity index is 119. The number of hydrogen-bond acceptors (Lipinski definition) is 1. The van der Waals surface area contributed by atoms with Gasteiger partial charge in [0.15, 0.2) is 5.76 Å². The third-order valence-electron chi connectivity index (χ3n) is 0.318. The van der Waals surface area contributed by atoms with E-state index in [1.54, 1.807) is 0 Å². The first-order valence-electron chi connectivity index (χ1n) is 1.35. The van der Waals surface area contributed by atoms with Crippen molar-refractivity contribution in [2.24, 2.45) is 0 Å². The van der Waals surface area contributed by atoms with Crippen LogP contribution in [0, 0.1) is 5.16 Å². The first-order chi connectivity index (χ1) is 3.25. The molecule has 0 amide bonds. The van der Waals surface area contributed by atoms with Crippen LogP contribution in [-0.4, -0.2) is 3.53 Å². The SMILES string of the molecule is N=P(Cl)(Cl)C(Cl)(Cl)Cl. The van der Waals surface area contributed by atoms with Crippen molar-refractivity contribution < 1.29 is 0 Å². The van der Waals surface area contributed by atoms with Gasteiger partial charge in [-0.3, -0.25) is 5.16 Å². The molecule has 0 aliphatic rings. The fraction of sp³-hybridized carbons (Fsp3) is 1.00. The van der Waals surface area contributed by atoms with Crippen molar-refractivity contribution in [1.29, 1.82) is 5.16 Å². The summed E-state index contributed by atoms with van der Waals surface area (Å²) in [7, 11) is 0. The molecule has 0 aromatic rings. The van der Waals surface area contributed by atoms with Gasteiger partial charge in [-0.1, -0.05) is 57.3 Å². The lowest BCUT2D eigenvalue weighted by molar-refractivity contribution is 1.57. The molecule has 0 unspecified atom stereocenters. The average molecular weight is 235 g/mol. The molecule has 0 heterocycles. The Labute approximate surface area is 71.6 Å². The van der Waals surface area contributed by atoms with Crippen molar-refractivity contribution in [3.05, 3.63) is 0 Å². The molecular weight excluding hydrogens is 234 g/mol. The van der Waals surface area contributed by atoms with E-state index >= 15 is 0 Å². The Morgan fingerprint density at radius 3 is 1.25 bits per heavy atom. The summed E-state index contributed by atoms with van der Waals surface area (Å²) in [4.78, 5) is 0. The minimum Gasteiger partial charge on any atom is -0.286 e. The zero-order valence-corrected chi connectivity index (χ0v) is 8.01. The lowest BCUT2D eigenvalue weighted by Crippen LogP contribution is -1.92. The minimum atomic E-state index is -3.11. The zero-order chi connectivity index (χ0) is 7.00. The first kappa shape index (κ1) is 9.68. The lowest BCUT2D eigenvalue weighted by Gasteiger charge is -2.13. The average Bonchev–Trinajstić information content (AvgIpc) is 1.25. The van der Waals surface area contributed by atoms with Crippen LogP contribution < -0.4 is 0 Å². The first-order valence-corrected chi connectivity index (χ1v) is 6.09. The van der Waals surface area contributed by atoms with Crippen molar-refractivity contribution in [3.63, 3.8) is 0 Å². The highest BCUT2D eigenvalue weighted by atomic mass is 35.9. The van der Waals surface area contributed by atoms with E-state index in [-0.39, 0.29) is 0 Å². The molecular formula is CHCl5NP. The predicted molar refractivity (Wildman–Crippen MR) is 41.6 cm³/mol. The van der Waals surface area contributed by atoms with Gasteiger partial charge in [-0.15, -0.1) is 0 Å². The highest BCUT2D eigenvalue weighted by Gasteiger charge is 2.36. The van der Waals surface area contributed by atoms with Crippen LogP contribution in [0.1, 0.15) is 0 Å². The van der Waals surface area contributed by atoms with Gasteiger partial charge < -0.3 is 0 Å². The van der Waals surface area contributed by atoms with Crippen LogP contribution in [0.2, 0.25) is 0 Å². The van der Waals surface area contributed by atoms with E-state index in [4.69, 9.17) is 62.4 Å². The fourth-order valence-corrected chi connectivity index (χ4v) is 0. The Morgan fingerprint density at radius 2 is 1.25 bits per heavy atom. The molecule has 1 N–H and O–H groups in total. The molecule has 8 heavy (non-hydrogen) atoms. The highest BCUT2D eigenvalue weighted by molar-refractivity contribution is 8.13. The van der Waals surface area contributed by atoms with E-state index in [1.807, 2.05) is 0 Å². The Hall–Kier alpha value is 1.68. The van der Waals surface area contributed by atoms with E-state index in [9.17, 15) is 0 Å². The molecule has 0 aliphatic heterocycles. The summed E-state index contributed by atoms with van der Waals surface area (Å²) in [5, 5.41) is 6.83. The molecule has 50 valence electrons. The van der Waals surface area contributed by atoms with Crippen LogP contribution in [0.25, 0.3) is 0 Å². The van der Waals surface area contributed by atoms with Gasteiger partial charge in [0.1, 0.15) is 0 Å². The number of alkyl halides is 3. The van der Waals surface area contributed by atoms with Crippen molar-refractivity contribution in [3.8, 4) is 0 Å². The van der Waals surface area contributed by atoms with Gasteiger partial charge in [0, 0.05) is 0 Å². The van der Waals surface area contributed by atoms with Gasteiger partial charge >= 0.3 is 0 Å². The highest BCUT2D eigenvalue weighted by Crippen LogP contribution is 2.73. The monoisotopic (exact) mass is 233 g/mol. The van der Waals surface area contributed by atoms with Crippen LogP contribution in [0.3, 0.4) is 0 Å². The van der Waals surface area contributed by atoms with Gasteiger partial charge in [0.05, 0.1) is 0 Å². The number of halogens is 5. The van der Waals surface area contributed by atoms with E-state index in [2.05, 4.69) is 0 Å². The number of hydrogen-bond donors (Lipinski definition) is 1. The lowest BCUT2D eigenvalue weighted by atomic mass is 11.8. The topological polar surface area (TPSA) is 23.9 Å². The standard InChI is InChI=1S/CHCl5NP/c2-1(3,4)8(5,6)7/h7H. The summed E-state index contributed by atoms with van der Waals surface area (Å²) < 4.78 is -1.84. The molecule has 0 atom stereocenters. The molecule has 1 nitrogen and oxygen atoms in total. The summed E-state index contributed by atoms with van der Waals surface area (Å²) in [5.41, 5.74) is 0. The smallest absolute Gasteiger partial charge is 0.250 e. The minimum absolute atomic E-state index is 1.84. The van der Waals surface area contributed by atoms with Crippen molar-refractivity contribution in [2.75, 3.05) is 0 Å². The van der Waals surface area contributed by atoms with E-state index in [1.165, 1.54) is 0 Å². The summed E-state index contributed by atoms with van der Waals surface area (Å²) in [6.07, 6.45) is 0. The van der Waals surface area contributed by atoms with Crippen LogP contribution in [0.4, 0.5) is 0 Å². The summed E-state index contributed by atoms with van der Waals surface area (Å²) in [6, 6.07) is 0. The van der Waals surface area contributed by atoms with Gasteiger partial charge in [-0.05, 0) is 0 Å². The summed E-state index contributed by atoms with van der Waals surface area (Å²) in [5.74, 6) is -3.11. The maximum absolute atomic E-state index is 6.83. The third kappa shape index (κ3) is 3.00. The second-order valence-electron chi connectivity index (χ2n) is 0.982. The molecule has 7 heteroatoms. The van der Waals surface area contributed by atoms with E-state index in [0.29, 0.717) is 0 Å². The Kier molecular flexibility index (Phi) is 3.31. The molecule has 0 aromatic heterocycles. The maximum Gasteiger partial charge on any atom is 0.250 e. The molecule has 0 aromatic carbocycles. The zero-order valence-electron chi connectivity index (χ0n) is 3.34. The Balaban J connectivity index is 4.26. The van der Waals surface area contributed by atoms with Crippen molar-refractivity contribution in [1.82, 2.24) is 0 Å². The van der Waals surface area contributed by atoms with Crippen LogP contribution in [0.5, 0.6) is 0 Å². The Morgan fingerprint density at radius 1 is 1.12 bits per heavy atom. The maximum atomic E-state index is 6.83. The molecule has 0 spiro atoms. The molecule has 0 fully saturated rings. The normalized spacial score (nSPS) is 14.1. The van der Waals surface area contributed by atoms with Crippen molar-refractivity contribution >= 4 is 63.0 Å². The number of nitrogens with one attached hydrogen (secondary N) is 1. The van der Waals surface area contributed by atoms with Gasteiger partial charge in [0.25, 0.3) is 0 Å². The molecule has 0 radical (unpaired) electrons. The molecule has 0 rings (SSSR count). The number of rotatable bonds is 0. The van der Waals surface area contributed by atoms with Gasteiger partial charge in [0.2, 0.25) is 3.53 Å². The second-order valence-corrected chi connectivity index (χ2v) is 9.31. The van der Waals surface area contributed by atoms with Crippen LogP contribution in [0.15, 0.2) is 0 Å². The largest absolute Gasteiger partial charge is 0.286 e. The molecule has 0 saturated heterocycles. The van der Waals surface area contributed by atoms with Gasteiger partial charge in [-0.2, -0.15) is 0 Å². The molecule has 0 bridgehead atoms. The summed E-state index contributed by atoms with van der Waals surface area (Å²) in [6.45, 7) is 0. The van der Waals surface area contributed by atoms with Crippen molar-refractivity contribution in [2.45, 2.75) is 3.53 Å². The van der Waals surface area contributed by atoms with E-state index < -0.39 is 9.29 Å². The molecule has 0 aliphatic carbocycles.